The van der Waals surface area contributed by atoms with Crippen LogP contribution in [0, 0.1) is 6.92 Å². The quantitative estimate of drug-likeness (QED) is 0.863. The Morgan fingerprint density at radius 3 is 2.93 bits per heavy atom. The third kappa shape index (κ3) is 1.76. The third-order valence-electron chi connectivity index (χ3n) is 1.58. The van der Waals surface area contributed by atoms with Crippen LogP contribution in [0.4, 0.5) is 0 Å². The normalized spacial score (nSPS) is 10.4. The first-order valence-corrected chi connectivity index (χ1v) is 5.51. The fraction of sp³-hybridized carbons (Fsp3) is 0.125. The largest absolute Gasteiger partial charge is 0.304 e. The van der Waals surface area contributed by atoms with Crippen LogP contribution in [0.5, 0.6) is 0 Å². The molecule has 0 aliphatic rings. The predicted molar refractivity (Wildman–Crippen MR) is 58.4 cm³/mol. The number of nitrogens with one attached hydrogen (secondary N) is 1. The van der Waals surface area contributed by atoms with E-state index < -0.39 is 0 Å². The zero-order valence-corrected chi connectivity index (χ0v) is 9.65. The van der Waals surface area contributed by atoms with E-state index in [9.17, 15) is 4.79 Å². The van der Waals surface area contributed by atoms with Crippen molar-refractivity contribution in [1.82, 2.24) is 15.0 Å². The topological polar surface area (TPSA) is 58.6 Å². The van der Waals surface area contributed by atoms with Crippen molar-refractivity contribution < 1.29 is 0 Å². The van der Waals surface area contributed by atoms with E-state index in [-0.39, 0.29) is 5.56 Å². The maximum atomic E-state index is 11.3. The number of hydrogen-bond donors (Lipinski definition) is 1. The van der Waals surface area contributed by atoms with Crippen molar-refractivity contribution in [3.63, 3.8) is 0 Å². The van der Waals surface area contributed by atoms with Gasteiger partial charge >= 0.3 is 0 Å². The fourth-order valence-electron chi connectivity index (χ4n) is 0.951. The zero-order valence-electron chi connectivity index (χ0n) is 7.24. The van der Waals surface area contributed by atoms with Crippen LogP contribution in [0.2, 0.25) is 0 Å². The molecule has 0 spiro atoms. The molecule has 72 valence electrons. The standard InChI is InChI=1S/C8H6BrN3OS/c1-4-3-14-8(11-4)6-10-2-5(9)7(13)12-6/h2-3H,1H3,(H,10,12,13). The van der Waals surface area contributed by atoms with Crippen LogP contribution in [-0.2, 0) is 0 Å². The molecule has 0 atom stereocenters. The maximum Gasteiger partial charge on any atom is 0.265 e. The first-order chi connectivity index (χ1) is 6.66. The number of aromatic nitrogens is 3. The molecule has 0 saturated heterocycles. The molecule has 0 aliphatic carbocycles. The second-order valence-corrected chi connectivity index (χ2v) is 4.42. The molecular weight excluding hydrogens is 266 g/mol. The molecule has 4 nitrogen and oxygen atoms in total. The number of nitrogens with zero attached hydrogens (tertiary/aromatic N) is 2. The monoisotopic (exact) mass is 271 g/mol. The lowest BCUT2D eigenvalue weighted by Gasteiger charge is -1.94. The molecule has 2 heterocycles. The molecule has 0 aliphatic heterocycles. The lowest BCUT2D eigenvalue weighted by molar-refractivity contribution is 1.09. The minimum Gasteiger partial charge on any atom is -0.304 e. The Hall–Kier alpha value is -1.01. The van der Waals surface area contributed by atoms with Gasteiger partial charge in [-0.15, -0.1) is 11.3 Å². The van der Waals surface area contributed by atoms with Crippen molar-refractivity contribution in [3.05, 3.63) is 32.1 Å². The maximum absolute atomic E-state index is 11.3. The molecule has 6 heteroatoms. The Morgan fingerprint density at radius 1 is 1.57 bits per heavy atom. The van der Waals surface area contributed by atoms with E-state index in [0.29, 0.717) is 10.3 Å². The smallest absolute Gasteiger partial charge is 0.265 e. The van der Waals surface area contributed by atoms with Gasteiger partial charge in [-0.3, -0.25) is 4.79 Å². The summed E-state index contributed by atoms with van der Waals surface area (Å²) in [5, 5.41) is 2.64. The molecule has 0 aromatic carbocycles. The highest BCUT2D eigenvalue weighted by molar-refractivity contribution is 9.10. The van der Waals surface area contributed by atoms with Crippen molar-refractivity contribution in [2.45, 2.75) is 6.92 Å². The highest BCUT2D eigenvalue weighted by atomic mass is 79.9. The average Bonchev–Trinajstić information content (AvgIpc) is 2.57. The Bertz CT molecular complexity index is 519. The highest BCUT2D eigenvalue weighted by Gasteiger charge is 2.05. The van der Waals surface area contributed by atoms with Gasteiger partial charge in [-0.25, -0.2) is 9.97 Å². The number of hydrogen-bond acceptors (Lipinski definition) is 4. The van der Waals surface area contributed by atoms with E-state index in [0.717, 1.165) is 10.7 Å². The molecule has 14 heavy (non-hydrogen) atoms. The Kier molecular flexibility index (Phi) is 2.47. The van der Waals surface area contributed by atoms with Gasteiger partial charge in [0.05, 0.1) is 0 Å². The van der Waals surface area contributed by atoms with Crippen molar-refractivity contribution in [1.29, 1.82) is 0 Å². The van der Waals surface area contributed by atoms with Gasteiger partial charge in [0.1, 0.15) is 4.47 Å². The lowest BCUT2D eigenvalue weighted by atomic mass is 10.5. The zero-order chi connectivity index (χ0) is 10.1. The van der Waals surface area contributed by atoms with Crippen molar-refractivity contribution >= 4 is 27.3 Å². The van der Waals surface area contributed by atoms with Crippen LogP contribution in [-0.4, -0.2) is 15.0 Å². The average molecular weight is 272 g/mol. The summed E-state index contributed by atoms with van der Waals surface area (Å²) in [4.78, 5) is 22.2. The summed E-state index contributed by atoms with van der Waals surface area (Å²) in [6.07, 6.45) is 1.48. The molecule has 0 fully saturated rings. The minimum atomic E-state index is -0.192. The van der Waals surface area contributed by atoms with Gasteiger partial charge in [0.2, 0.25) is 0 Å². The van der Waals surface area contributed by atoms with E-state index in [2.05, 4.69) is 30.9 Å². The van der Waals surface area contributed by atoms with Gasteiger partial charge in [-0.1, -0.05) is 0 Å². The summed E-state index contributed by atoms with van der Waals surface area (Å²) in [7, 11) is 0. The number of rotatable bonds is 1. The van der Waals surface area contributed by atoms with Gasteiger partial charge < -0.3 is 4.98 Å². The summed E-state index contributed by atoms with van der Waals surface area (Å²) < 4.78 is 0.425. The van der Waals surface area contributed by atoms with Gasteiger partial charge in [-0.2, -0.15) is 0 Å². The third-order valence-corrected chi connectivity index (χ3v) is 3.11. The van der Waals surface area contributed by atoms with Gasteiger partial charge in [-0.05, 0) is 22.9 Å². The Balaban J connectivity index is 2.53. The Morgan fingerprint density at radius 2 is 2.36 bits per heavy atom. The predicted octanol–water partition coefficient (Wildman–Crippen LogP) is 1.96. The number of aryl methyl sites for hydroxylation is 1. The molecule has 2 aromatic heterocycles. The molecule has 2 aromatic rings. The molecule has 0 saturated carbocycles. The van der Waals surface area contributed by atoms with E-state index >= 15 is 0 Å². The highest BCUT2D eigenvalue weighted by Crippen LogP contribution is 2.18. The van der Waals surface area contributed by atoms with Crippen LogP contribution in [0.25, 0.3) is 10.8 Å². The second-order valence-electron chi connectivity index (χ2n) is 2.70. The fourth-order valence-corrected chi connectivity index (χ4v) is 1.90. The van der Waals surface area contributed by atoms with Gasteiger partial charge in [0.15, 0.2) is 10.8 Å². The van der Waals surface area contributed by atoms with Crippen LogP contribution in [0.3, 0.4) is 0 Å². The van der Waals surface area contributed by atoms with Crippen LogP contribution < -0.4 is 5.56 Å². The summed E-state index contributed by atoms with van der Waals surface area (Å²) in [6.45, 7) is 1.90. The van der Waals surface area contributed by atoms with Gasteiger partial charge in [0, 0.05) is 17.3 Å². The molecule has 0 radical (unpaired) electrons. The molecule has 0 unspecified atom stereocenters. The molecule has 1 N–H and O–H groups in total. The van der Waals surface area contributed by atoms with Gasteiger partial charge in [0.25, 0.3) is 5.56 Å². The summed E-state index contributed by atoms with van der Waals surface area (Å²) >= 11 is 4.54. The Labute approximate surface area is 92.2 Å². The second kappa shape index (κ2) is 3.62. The molecule has 0 bridgehead atoms. The first-order valence-electron chi connectivity index (χ1n) is 3.84. The molecule has 2 rings (SSSR count). The SMILES string of the molecule is Cc1csc(-c2ncc(Br)c(=O)[nH]2)n1. The van der Waals surface area contributed by atoms with Crippen LogP contribution in [0.1, 0.15) is 5.69 Å². The van der Waals surface area contributed by atoms with E-state index in [4.69, 9.17) is 0 Å². The van der Waals surface area contributed by atoms with Crippen molar-refractivity contribution in [3.8, 4) is 10.8 Å². The minimum absolute atomic E-state index is 0.192. The molecular formula is C8H6BrN3OS. The number of aromatic amines is 1. The van der Waals surface area contributed by atoms with Crippen molar-refractivity contribution in [2.75, 3.05) is 0 Å². The van der Waals surface area contributed by atoms with Crippen LogP contribution >= 0.6 is 27.3 Å². The van der Waals surface area contributed by atoms with E-state index in [1.165, 1.54) is 17.5 Å². The summed E-state index contributed by atoms with van der Waals surface area (Å²) in [5.41, 5.74) is 0.735. The summed E-state index contributed by atoms with van der Waals surface area (Å²) in [6, 6.07) is 0. The number of H-pyrrole nitrogens is 1. The lowest BCUT2D eigenvalue weighted by Crippen LogP contribution is -2.08. The first kappa shape index (κ1) is 9.54. The molecule has 0 amide bonds. The number of halogens is 1. The van der Waals surface area contributed by atoms with E-state index in [1.807, 2.05) is 12.3 Å². The summed E-state index contributed by atoms with van der Waals surface area (Å²) in [5.74, 6) is 0.510. The van der Waals surface area contributed by atoms with E-state index in [1.54, 1.807) is 0 Å². The van der Waals surface area contributed by atoms with Crippen LogP contribution in [0.15, 0.2) is 20.8 Å². The van der Waals surface area contributed by atoms with Crippen molar-refractivity contribution in [2.24, 2.45) is 0 Å². The number of thiazole rings is 1.